The van der Waals surface area contributed by atoms with Crippen molar-refractivity contribution in [3.05, 3.63) is 35.5 Å². The average molecular weight is 365 g/mol. The smallest absolute Gasteiger partial charge is 0.214 e. The summed E-state index contributed by atoms with van der Waals surface area (Å²) in [4.78, 5) is 8.08. The van der Waals surface area contributed by atoms with Gasteiger partial charge in [-0.3, -0.25) is 0 Å². The van der Waals surface area contributed by atoms with Crippen LogP contribution in [0, 0.1) is 0 Å². The molecule has 23 heavy (non-hydrogen) atoms. The lowest BCUT2D eigenvalue weighted by Gasteiger charge is -2.25. The highest BCUT2D eigenvalue weighted by Gasteiger charge is 2.21. The maximum absolute atomic E-state index is 5.95. The van der Waals surface area contributed by atoms with E-state index < -0.39 is 0 Å². The number of halogens is 1. The molecule has 1 aliphatic heterocycles. The Bertz CT molecular complexity index is 780. The molecular formula is C16H17ClN4S2. The predicted octanol–water partition coefficient (Wildman–Crippen LogP) is 4.44. The first-order chi connectivity index (χ1) is 11.2. The number of imidazole rings is 1. The molecule has 1 saturated heterocycles. The van der Waals surface area contributed by atoms with Gasteiger partial charge in [0.25, 0.3) is 0 Å². The fourth-order valence-corrected chi connectivity index (χ4v) is 4.92. The molecule has 3 heterocycles. The first kappa shape index (κ1) is 15.3. The third kappa shape index (κ3) is 3.07. The summed E-state index contributed by atoms with van der Waals surface area (Å²) >= 11 is 9.64. The van der Waals surface area contributed by atoms with E-state index in [-0.39, 0.29) is 0 Å². The van der Waals surface area contributed by atoms with Crippen LogP contribution >= 0.6 is 34.7 Å². The summed E-state index contributed by atoms with van der Waals surface area (Å²) in [6.07, 6.45) is 3.21. The van der Waals surface area contributed by atoms with Crippen LogP contribution in [0.15, 0.2) is 30.5 Å². The largest absolute Gasteiger partial charge is 0.343 e. The standard InChI is InChI=1S/C16H17ClN4S2/c1-11-6-8-22-9-7-20(11)16-19-21-10-14(18-15(21)23-16)12-2-4-13(17)5-3-12/h2-5,10-11H,6-9H2,1H3. The van der Waals surface area contributed by atoms with Crippen molar-refractivity contribution in [1.82, 2.24) is 14.6 Å². The van der Waals surface area contributed by atoms with Gasteiger partial charge in [-0.2, -0.15) is 11.8 Å². The number of hydrogen-bond donors (Lipinski definition) is 0. The first-order valence-corrected chi connectivity index (χ1v) is 10.0. The van der Waals surface area contributed by atoms with Crippen LogP contribution in [-0.4, -0.2) is 38.7 Å². The zero-order chi connectivity index (χ0) is 15.8. The van der Waals surface area contributed by atoms with Gasteiger partial charge in [-0.25, -0.2) is 9.50 Å². The Morgan fingerprint density at radius 2 is 2.04 bits per heavy atom. The Hall–Kier alpha value is -1.24. The number of aromatic nitrogens is 3. The molecule has 4 nitrogen and oxygen atoms in total. The molecule has 120 valence electrons. The zero-order valence-electron chi connectivity index (χ0n) is 12.8. The van der Waals surface area contributed by atoms with Crippen molar-refractivity contribution in [1.29, 1.82) is 0 Å². The van der Waals surface area contributed by atoms with Gasteiger partial charge in [0.1, 0.15) is 0 Å². The van der Waals surface area contributed by atoms with Gasteiger partial charge in [0.05, 0.1) is 11.9 Å². The zero-order valence-corrected chi connectivity index (χ0v) is 15.2. The average Bonchev–Trinajstić information content (AvgIpc) is 3.02. The van der Waals surface area contributed by atoms with Gasteiger partial charge >= 0.3 is 0 Å². The summed E-state index contributed by atoms with van der Waals surface area (Å²) in [7, 11) is 0. The summed E-state index contributed by atoms with van der Waals surface area (Å²) in [5.74, 6) is 2.41. The van der Waals surface area contributed by atoms with Gasteiger partial charge < -0.3 is 4.90 Å². The van der Waals surface area contributed by atoms with Gasteiger partial charge in [-0.1, -0.05) is 35.1 Å². The molecule has 0 aliphatic carbocycles. The molecule has 7 heteroatoms. The van der Waals surface area contributed by atoms with Crippen molar-refractivity contribution in [2.24, 2.45) is 0 Å². The maximum atomic E-state index is 5.95. The number of fused-ring (bicyclic) bond motifs is 1. The molecule has 0 saturated carbocycles. The highest BCUT2D eigenvalue weighted by atomic mass is 35.5. The van der Waals surface area contributed by atoms with Crippen molar-refractivity contribution in [3.8, 4) is 11.3 Å². The molecule has 1 aliphatic rings. The summed E-state index contributed by atoms with van der Waals surface area (Å²) in [5, 5.41) is 6.57. The van der Waals surface area contributed by atoms with Crippen LogP contribution in [0.2, 0.25) is 5.02 Å². The minimum Gasteiger partial charge on any atom is -0.343 e. The Balaban J connectivity index is 1.64. The Kier molecular flexibility index (Phi) is 4.22. The van der Waals surface area contributed by atoms with E-state index in [0.29, 0.717) is 6.04 Å². The van der Waals surface area contributed by atoms with Gasteiger partial charge in [-0.15, -0.1) is 5.10 Å². The lowest BCUT2D eigenvalue weighted by Crippen LogP contribution is -2.33. The van der Waals surface area contributed by atoms with E-state index in [0.717, 1.165) is 32.9 Å². The SMILES string of the molecule is CC1CCSCCN1c1nn2cc(-c3ccc(Cl)cc3)nc2s1. The van der Waals surface area contributed by atoms with Crippen LogP contribution in [0.25, 0.3) is 16.2 Å². The minimum absolute atomic E-state index is 0.539. The molecule has 3 aromatic rings. The third-order valence-corrected chi connectivity index (χ3v) is 6.31. The van der Waals surface area contributed by atoms with Gasteiger partial charge in [0.15, 0.2) is 0 Å². The van der Waals surface area contributed by atoms with Crippen molar-refractivity contribution in [2.75, 3.05) is 23.0 Å². The number of rotatable bonds is 2. The van der Waals surface area contributed by atoms with E-state index in [1.807, 2.05) is 46.7 Å². The van der Waals surface area contributed by atoms with Crippen LogP contribution in [0.1, 0.15) is 13.3 Å². The molecule has 1 aromatic carbocycles. The Morgan fingerprint density at radius 1 is 1.22 bits per heavy atom. The van der Waals surface area contributed by atoms with Crippen LogP contribution < -0.4 is 4.90 Å². The van der Waals surface area contributed by atoms with E-state index in [4.69, 9.17) is 21.7 Å². The van der Waals surface area contributed by atoms with Crippen molar-refractivity contribution in [3.63, 3.8) is 0 Å². The summed E-state index contributed by atoms with van der Waals surface area (Å²) in [5.41, 5.74) is 2.00. The first-order valence-electron chi connectivity index (χ1n) is 7.67. The molecule has 0 radical (unpaired) electrons. The fourth-order valence-electron chi connectivity index (χ4n) is 2.74. The van der Waals surface area contributed by atoms with Gasteiger partial charge in [0.2, 0.25) is 10.1 Å². The number of thioether (sulfide) groups is 1. The topological polar surface area (TPSA) is 33.4 Å². The van der Waals surface area contributed by atoms with Crippen LogP contribution in [0.5, 0.6) is 0 Å². The quantitative estimate of drug-likeness (QED) is 0.673. The lowest BCUT2D eigenvalue weighted by atomic mass is 10.2. The van der Waals surface area contributed by atoms with Gasteiger partial charge in [0, 0.05) is 28.9 Å². The molecule has 2 aromatic heterocycles. The van der Waals surface area contributed by atoms with E-state index in [9.17, 15) is 0 Å². The van der Waals surface area contributed by atoms with Crippen LogP contribution in [-0.2, 0) is 0 Å². The van der Waals surface area contributed by atoms with Gasteiger partial charge in [-0.05, 0) is 31.2 Å². The predicted molar refractivity (Wildman–Crippen MR) is 100 cm³/mol. The lowest BCUT2D eigenvalue weighted by molar-refractivity contribution is 0.639. The van der Waals surface area contributed by atoms with Crippen molar-refractivity contribution >= 4 is 44.8 Å². The van der Waals surface area contributed by atoms with Crippen molar-refractivity contribution < 1.29 is 0 Å². The van der Waals surface area contributed by atoms with E-state index in [1.165, 1.54) is 17.9 Å². The fraction of sp³-hybridized carbons (Fsp3) is 0.375. The number of benzene rings is 1. The molecule has 4 rings (SSSR count). The highest BCUT2D eigenvalue weighted by Crippen LogP contribution is 2.30. The summed E-state index contributed by atoms with van der Waals surface area (Å²) in [6, 6.07) is 8.30. The molecule has 1 atom stereocenters. The summed E-state index contributed by atoms with van der Waals surface area (Å²) in [6.45, 7) is 3.35. The third-order valence-electron chi connectivity index (χ3n) is 4.11. The molecule has 0 amide bonds. The molecule has 0 bridgehead atoms. The second-order valence-electron chi connectivity index (χ2n) is 5.69. The van der Waals surface area contributed by atoms with E-state index in [2.05, 4.69) is 11.8 Å². The number of anilines is 1. The normalized spacial score (nSPS) is 19.2. The number of hydrogen-bond acceptors (Lipinski definition) is 5. The minimum atomic E-state index is 0.539. The molecule has 0 N–H and O–H groups in total. The summed E-state index contributed by atoms with van der Waals surface area (Å²) < 4.78 is 1.90. The Labute approximate surface area is 148 Å². The highest BCUT2D eigenvalue weighted by molar-refractivity contribution is 7.99. The molecule has 1 unspecified atom stereocenters. The maximum Gasteiger partial charge on any atom is 0.214 e. The second kappa shape index (κ2) is 6.34. The monoisotopic (exact) mass is 364 g/mol. The van der Waals surface area contributed by atoms with Crippen LogP contribution in [0.4, 0.5) is 5.13 Å². The second-order valence-corrected chi connectivity index (χ2v) is 8.28. The molecule has 1 fully saturated rings. The number of nitrogens with zero attached hydrogens (tertiary/aromatic N) is 4. The molecule has 0 spiro atoms. The van der Waals surface area contributed by atoms with E-state index >= 15 is 0 Å². The van der Waals surface area contributed by atoms with Crippen molar-refractivity contribution in [2.45, 2.75) is 19.4 Å². The van der Waals surface area contributed by atoms with E-state index in [1.54, 1.807) is 11.3 Å². The van der Waals surface area contributed by atoms with Crippen LogP contribution in [0.3, 0.4) is 0 Å². The Morgan fingerprint density at radius 3 is 2.83 bits per heavy atom. The molecular weight excluding hydrogens is 348 g/mol.